The van der Waals surface area contributed by atoms with Crippen molar-refractivity contribution in [3.63, 3.8) is 0 Å². The molecule has 0 aromatic heterocycles. The first-order valence-corrected chi connectivity index (χ1v) is 5.21. The Morgan fingerprint density at radius 2 is 2.05 bits per heavy atom. The second-order valence-electron chi connectivity index (χ2n) is 3.45. The molecule has 0 saturated heterocycles. The molecule has 0 aliphatic carbocycles. The Morgan fingerprint density at radius 1 is 1.37 bits per heavy atom. The maximum Gasteiger partial charge on any atom is 0.255 e. The van der Waals surface area contributed by atoms with Crippen LogP contribution in [-0.2, 0) is 4.79 Å². The first-order valence-electron chi connectivity index (χ1n) is 5.21. The third-order valence-electron chi connectivity index (χ3n) is 2.11. The Labute approximate surface area is 110 Å². The van der Waals surface area contributed by atoms with Crippen molar-refractivity contribution in [2.75, 3.05) is 13.7 Å². The van der Waals surface area contributed by atoms with Gasteiger partial charge in [0, 0.05) is 0 Å². The number of allylic oxidation sites excluding steroid dienone is 1. The van der Waals surface area contributed by atoms with Crippen LogP contribution in [0.4, 0.5) is 0 Å². The average molecular weight is 257 g/mol. The molecule has 2 N–H and O–H groups in total. The lowest BCUT2D eigenvalue weighted by molar-refractivity contribution is -0.119. The summed E-state index contributed by atoms with van der Waals surface area (Å²) in [6.07, 6.45) is 1.42. The lowest BCUT2D eigenvalue weighted by Gasteiger charge is -2.09. The molecule has 6 nitrogen and oxygen atoms in total. The molecule has 0 aliphatic rings. The summed E-state index contributed by atoms with van der Waals surface area (Å²) in [4.78, 5) is 10.6. The van der Waals surface area contributed by atoms with Crippen molar-refractivity contribution in [1.29, 1.82) is 10.5 Å². The lowest BCUT2D eigenvalue weighted by atomic mass is 10.1. The van der Waals surface area contributed by atoms with Crippen LogP contribution in [0.25, 0.3) is 6.08 Å². The van der Waals surface area contributed by atoms with Gasteiger partial charge in [-0.05, 0) is 23.8 Å². The highest BCUT2D eigenvalue weighted by atomic mass is 16.5. The Balaban J connectivity index is 3.03. The molecule has 19 heavy (non-hydrogen) atoms. The summed E-state index contributed by atoms with van der Waals surface area (Å²) in [5.74, 6) is 0.140. The van der Waals surface area contributed by atoms with Crippen LogP contribution in [-0.4, -0.2) is 19.6 Å². The van der Waals surface area contributed by atoms with Gasteiger partial charge in [-0.15, -0.1) is 0 Å². The molecular weight excluding hydrogens is 246 g/mol. The van der Waals surface area contributed by atoms with Crippen LogP contribution in [0, 0.1) is 22.7 Å². The van der Waals surface area contributed by atoms with E-state index < -0.39 is 5.91 Å². The number of carbonyl (C=O) groups is 1. The largest absolute Gasteiger partial charge is 0.493 e. The predicted molar refractivity (Wildman–Crippen MR) is 66.9 cm³/mol. The van der Waals surface area contributed by atoms with E-state index >= 15 is 0 Å². The number of nitrogens with zero attached hydrogens (tertiary/aromatic N) is 2. The van der Waals surface area contributed by atoms with Gasteiger partial charge in [-0.1, -0.05) is 6.07 Å². The van der Waals surface area contributed by atoms with Gasteiger partial charge in [-0.25, -0.2) is 0 Å². The molecule has 0 bridgehead atoms. The van der Waals surface area contributed by atoms with Crippen molar-refractivity contribution in [1.82, 2.24) is 0 Å². The van der Waals surface area contributed by atoms with Crippen LogP contribution in [0.2, 0.25) is 0 Å². The van der Waals surface area contributed by atoms with Gasteiger partial charge in [0.2, 0.25) is 0 Å². The highest BCUT2D eigenvalue weighted by molar-refractivity contribution is 5.75. The third-order valence-corrected chi connectivity index (χ3v) is 2.11. The Kier molecular flexibility index (Phi) is 4.94. The molecule has 0 saturated carbocycles. The van der Waals surface area contributed by atoms with Gasteiger partial charge in [0.25, 0.3) is 5.91 Å². The number of nitriles is 2. The van der Waals surface area contributed by atoms with Gasteiger partial charge in [-0.2, -0.15) is 10.5 Å². The number of ether oxygens (including phenoxy) is 2. The monoisotopic (exact) mass is 257 g/mol. The van der Waals surface area contributed by atoms with E-state index in [4.69, 9.17) is 25.7 Å². The number of rotatable bonds is 5. The molecule has 0 aliphatic heterocycles. The van der Waals surface area contributed by atoms with Crippen molar-refractivity contribution in [3.8, 4) is 23.6 Å². The van der Waals surface area contributed by atoms with Gasteiger partial charge in [0.05, 0.1) is 7.11 Å². The minimum Gasteiger partial charge on any atom is -0.493 e. The van der Waals surface area contributed by atoms with Crippen LogP contribution >= 0.6 is 0 Å². The Bertz CT molecular complexity index is 578. The standard InChI is InChI=1S/C13H11N3O3/c1-18-12-5-9(4-10(6-14)7-15)2-3-11(12)19-8-13(16)17/h2-5H,8H2,1H3,(H2,16,17). The van der Waals surface area contributed by atoms with E-state index in [-0.39, 0.29) is 12.2 Å². The minimum absolute atomic E-state index is 0.0205. The van der Waals surface area contributed by atoms with Gasteiger partial charge >= 0.3 is 0 Å². The fourth-order valence-corrected chi connectivity index (χ4v) is 1.30. The van der Waals surface area contributed by atoms with E-state index in [0.717, 1.165) is 0 Å². The number of benzene rings is 1. The number of hydrogen-bond acceptors (Lipinski definition) is 5. The molecule has 0 unspecified atom stereocenters. The fourth-order valence-electron chi connectivity index (χ4n) is 1.30. The molecule has 1 rings (SSSR count). The molecule has 0 atom stereocenters. The quantitative estimate of drug-likeness (QED) is 0.791. The number of hydrogen-bond donors (Lipinski definition) is 1. The maximum absolute atomic E-state index is 10.6. The van der Waals surface area contributed by atoms with Gasteiger partial charge < -0.3 is 15.2 Å². The molecule has 0 spiro atoms. The summed E-state index contributed by atoms with van der Waals surface area (Å²) in [5.41, 5.74) is 5.57. The Morgan fingerprint density at radius 3 is 2.58 bits per heavy atom. The van der Waals surface area contributed by atoms with Crippen molar-refractivity contribution in [3.05, 3.63) is 29.3 Å². The van der Waals surface area contributed by atoms with Crippen LogP contribution in [0.1, 0.15) is 5.56 Å². The van der Waals surface area contributed by atoms with Crippen LogP contribution in [0.5, 0.6) is 11.5 Å². The normalized spacial score (nSPS) is 8.79. The summed E-state index contributed by atoms with van der Waals surface area (Å²) in [6.45, 7) is -0.257. The molecule has 0 radical (unpaired) electrons. The molecule has 0 fully saturated rings. The van der Waals surface area contributed by atoms with E-state index in [1.165, 1.54) is 13.2 Å². The van der Waals surface area contributed by atoms with Crippen molar-refractivity contribution < 1.29 is 14.3 Å². The van der Waals surface area contributed by atoms with Gasteiger partial charge in [0.15, 0.2) is 18.1 Å². The zero-order valence-corrected chi connectivity index (χ0v) is 10.2. The van der Waals surface area contributed by atoms with Crippen LogP contribution < -0.4 is 15.2 Å². The molecule has 6 heteroatoms. The average Bonchev–Trinajstić information content (AvgIpc) is 2.42. The predicted octanol–water partition coefficient (Wildman–Crippen LogP) is 0.990. The van der Waals surface area contributed by atoms with E-state index in [1.54, 1.807) is 30.3 Å². The summed E-state index contributed by atoms with van der Waals surface area (Å²) in [6, 6.07) is 8.31. The highest BCUT2D eigenvalue weighted by Crippen LogP contribution is 2.28. The second-order valence-corrected chi connectivity index (χ2v) is 3.45. The summed E-state index contributed by atoms with van der Waals surface area (Å²) in [7, 11) is 1.44. The summed E-state index contributed by atoms with van der Waals surface area (Å²) >= 11 is 0. The molecule has 1 aromatic rings. The second kappa shape index (κ2) is 6.67. The first-order chi connectivity index (χ1) is 9.10. The number of primary amides is 1. The van der Waals surface area contributed by atoms with E-state index in [1.807, 2.05) is 0 Å². The molecule has 1 amide bonds. The van der Waals surface area contributed by atoms with E-state index in [0.29, 0.717) is 17.1 Å². The molecule has 96 valence electrons. The number of carbonyl (C=O) groups excluding carboxylic acids is 1. The van der Waals surface area contributed by atoms with Crippen LogP contribution in [0.15, 0.2) is 23.8 Å². The van der Waals surface area contributed by atoms with E-state index in [2.05, 4.69) is 0 Å². The molecule has 1 aromatic carbocycles. The van der Waals surface area contributed by atoms with Crippen molar-refractivity contribution >= 4 is 12.0 Å². The third kappa shape index (κ3) is 4.06. The zero-order chi connectivity index (χ0) is 14.3. The summed E-state index contributed by atoms with van der Waals surface area (Å²) < 4.78 is 10.2. The number of amides is 1. The van der Waals surface area contributed by atoms with Crippen LogP contribution in [0.3, 0.4) is 0 Å². The van der Waals surface area contributed by atoms with Gasteiger partial charge in [-0.3, -0.25) is 4.79 Å². The minimum atomic E-state index is -0.595. The zero-order valence-electron chi connectivity index (χ0n) is 10.2. The van der Waals surface area contributed by atoms with E-state index in [9.17, 15) is 4.79 Å². The van der Waals surface area contributed by atoms with Crippen molar-refractivity contribution in [2.24, 2.45) is 5.73 Å². The topological polar surface area (TPSA) is 109 Å². The maximum atomic E-state index is 10.6. The molecular formula is C13H11N3O3. The van der Waals surface area contributed by atoms with Gasteiger partial charge in [0.1, 0.15) is 17.7 Å². The number of nitrogens with two attached hydrogens (primary N) is 1. The SMILES string of the molecule is COc1cc(C=C(C#N)C#N)ccc1OCC(N)=O. The summed E-state index contributed by atoms with van der Waals surface area (Å²) in [5, 5.41) is 17.3. The highest BCUT2D eigenvalue weighted by Gasteiger charge is 2.07. The Hall–Kier alpha value is -2.99. The lowest BCUT2D eigenvalue weighted by Crippen LogP contribution is -2.20. The smallest absolute Gasteiger partial charge is 0.255 e. The number of methoxy groups -OCH3 is 1. The first kappa shape index (κ1) is 14.1. The van der Waals surface area contributed by atoms with Crippen molar-refractivity contribution in [2.45, 2.75) is 0 Å². The molecule has 0 heterocycles. The fraction of sp³-hybridized carbons (Fsp3) is 0.154.